The summed E-state index contributed by atoms with van der Waals surface area (Å²) in [4.78, 5) is 0. The lowest BCUT2D eigenvalue weighted by Gasteiger charge is -2.36. The van der Waals surface area contributed by atoms with E-state index in [0.717, 1.165) is 30.6 Å². The van der Waals surface area contributed by atoms with Crippen LogP contribution in [0.4, 0.5) is 0 Å². The lowest BCUT2D eigenvalue weighted by molar-refractivity contribution is 0.186. The highest BCUT2D eigenvalue weighted by Crippen LogP contribution is 2.44. The van der Waals surface area contributed by atoms with Gasteiger partial charge in [0.1, 0.15) is 0 Å². The molecule has 0 aromatic heterocycles. The summed E-state index contributed by atoms with van der Waals surface area (Å²) in [6.07, 6.45) is 27.0. The number of benzene rings is 2. The highest BCUT2D eigenvalue weighted by atomic mass is 14.3. The minimum absolute atomic E-state index is 0.399. The molecule has 6 rings (SSSR count). The van der Waals surface area contributed by atoms with Crippen molar-refractivity contribution in [3.63, 3.8) is 0 Å². The number of hydrogen-bond donors (Lipinski definition) is 0. The van der Waals surface area contributed by atoms with Gasteiger partial charge in [0.2, 0.25) is 0 Å². The summed E-state index contributed by atoms with van der Waals surface area (Å²) in [6.45, 7) is 2.24. The van der Waals surface area contributed by atoms with Gasteiger partial charge in [-0.1, -0.05) is 118 Å². The van der Waals surface area contributed by atoms with Crippen molar-refractivity contribution in [2.75, 3.05) is 0 Å². The third-order valence-corrected chi connectivity index (χ3v) is 9.69. The Kier molecular flexibility index (Phi) is 7.13. The highest BCUT2D eigenvalue weighted by Gasteiger charge is 2.29. The fraction of sp³-hybridized carbons (Fsp3) is 0.444. The zero-order valence-electron chi connectivity index (χ0n) is 22.1. The van der Waals surface area contributed by atoms with Gasteiger partial charge in [-0.2, -0.15) is 0 Å². The Labute approximate surface area is 218 Å². The van der Waals surface area contributed by atoms with Crippen molar-refractivity contribution in [1.29, 1.82) is 0 Å². The van der Waals surface area contributed by atoms with E-state index in [1.807, 2.05) is 0 Å². The molecule has 0 nitrogen and oxygen atoms in total. The second-order valence-corrected chi connectivity index (χ2v) is 11.8. The smallest absolute Gasteiger partial charge is 0.0281 e. The Bertz CT molecular complexity index is 1170. The van der Waals surface area contributed by atoms with E-state index in [9.17, 15) is 0 Å². The second-order valence-electron chi connectivity index (χ2n) is 11.8. The molecular weight excluding hydrogens is 432 g/mol. The molecule has 0 saturated heterocycles. The Morgan fingerprint density at radius 2 is 1.47 bits per heavy atom. The van der Waals surface area contributed by atoms with Crippen molar-refractivity contribution >= 4 is 5.57 Å². The average molecular weight is 475 g/mol. The van der Waals surface area contributed by atoms with Gasteiger partial charge in [0.05, 0.1) is 0 Å². The molecule has 0 bridgehead atoms. The molecule has 2 aromatic rings. The molecular formula is C36H42. The Hall–Kier alpha value is -2.60. The summed E-state index contributed by atoms with van der Waals surface area (Å²) in [5, 5.41) is 0. The first-order valence-corrected chi connectivity index (χ1v) is 14.8. The Balaban J connectivity index is 1.12. The van der Waals surface area contributed by atoms with Gasteiger partial charge in [0, 0.05) is 5.92 Å². The maximum atomic E-state index is 2.45. The molecule has 2 saturated carbocycles. The zero-order valence-corrected chi connectivity index (χ0v) is 22.1. The third kappa shape index (κ3) is 4.97. The summed E-state index contributed by atoms with van der Waals surface area (Å²) in [5.74, 6) is 3.24. The molecule has 1 unspecified atom stereocenters. The molecule has 1 atom stereocenters. The van der Waals surface area contributed by atoms with E-state index >= 15 is 0 Å². The summed E-state index contributed by atoms with van der Waals surface area (Å²) in [7, 11) is 0. The van der Waals surface area contributed by atoms with Crippen molar-refractivity contribution in [1.82, 2.24) is 0 Å². The molecule has 0 radical (unpaired) electrons. The van der Waals surface area contributed by atoms with Crippen LogP contribution >= 0.6 is 0 Å². The standard InChI is InChI=1S/C36H42/c1-2-26-8-6-11-32(24-26)35-23-22-33(34-12-7-13-36(34)35)25-27-14-16-29(17-15-27)31-20-18-30(19-21-31)28-9-4-3-5-10-28/h6-8,11-17,22-24,28,30-31,36H,2-5,9-10,18-21,25H2,1H3. The first-order chi connectivity index (χ1) is 17.8. The number of fused-ring (bicyclic) bond motifs is 1. The van der Waals surface area contributed by atoms with E-state index in [-0.39, 0.29) is 0 Å². The minimum Gasteiger partial charge on any atom is -0.0726 e. The predicted octanol–water partition coefficient (Wildman–Crippen LogP) is 9.78. The van der Waals surface area contributed by atoms with Gasteiger partial charge in [-0.3, -0.25) is 0 Å². The van der Waals surface area contributed by atoms with Crippen LogP contribution in [0.3, 0.4) is 0 Å². The van der Waals surface area contributed by atoms with E-state index < -0.39 is 0 Å². The molecule has 0 N–H and O–H groups in total. The Morgan fingerprint density at radius 1 is 0.694 bits per heavy atom. The summed E-state index contributed by atoms with van der Waals surface area (Å²) in [5.41, 5.74) is 10.2. The molecule has 36 heavy (non-hydrogen) atoms. The maximum absolute atomic E-state index is 2.45. The summed E-state index contributed by atoms with van der Waals surface area (Å²) < 4.78 is 0. The van der Waals surface area contributed by atoms with Gasteiger partial charge in [0.15, 0.2) is 0 Å². The first-order valence-electron chi connectivity index (χ1n) is 14.8. The van der Waals surface area contributed by atoms with Gasteiger partial charge in [-0.15, -0.1) is 0 Å². The van der Waals surface area contributed by atoms with Crippen LogP contribution in [0.5, 0.6) is 0 Å². The highest BCUT2D eigenvalue weighted by molar-refractivity contribution is 5.78. The van der Waals surface area contributed by atoms with Gasteiger partial charge < -0.3 is 0 Å². The number of hydrogen-bond acceptors (Lipinski definition) is 0. The van der Waals surface area contributed by atoms with Crippen LogP contribution in [0.15, 0.2) is 90.1 Å². The SMILES string of the molecule is CCc1cccc(C2=CC=C(Cc3ccc(C4CCC(C5CCCCC5)CC4)cc3)C3=CC=CC32)c1. The second kappa shape index (κ2) is 10.8. The third-order valence-electron chi connectivity index (χ3n) is 9.69. The molecule has 4 aliphatic carbocycles. The normalized spacial score (nSPS) is 26.2. The van der Waals surface area contributed by atoms with Crippen LogP contribution in [0.1, 0.15) is 92.9 Å². The van der Waals surface area contributed by atoms with Crippen molar-refractivity contribution in [3.05, 3.63) is 112 Å². The topological polar surface area (TPSA) is 0 Å². The van der Waals surface area contributed by atoms with Crippen molar-refractivity contribution in [2.24, 2.45) is 17.8 Å². The summed E-state index contributed by atoms with van der Waals surface area (Å²) >= 11 is 0. The quantitative estimate of drug-likeness (QED) is 0.391. The van der Waals surface area contributed by atoms with Gasteiger partial charge in [0.25, 0.3) is 0 Å². The maximum Gasteiger partial charge on any atom is 0.0281 e. The molecule has 0 heteroatoms. The molecule has 0 amide bonds. The Morgan fingerprint density at radius 3 is 2.25 bits per heavy atom. The summed E-state index contributed by atoms with van der Waals surface area (Å²) in [6, 6.07) is 18.8. The lowest BCUT2D eigenvalue weighted by Crippen LogP contribution is -2.23. The van der Waals surface area contributed by atoms with Gasteiger partial charge >= 0.3 is 0 Å². The van der Waals surface area contributed by atoms with E-state index in [4.69, 9.17) is 0 Å². The molecule has 0 spiro atoms. The van der Waals surface area contributed by atoms with Crippen LogP contribution in [0.2, 0.25) is 0 Å². The van der Waals surface area contributed by atoms with Gasteiger partial charge in [-0.25, -0.2) is 0 Å². The van der Waals surface area contributed by atoms with Crippen LogP contribution in [-0.4, -0.2) is 0 Å². The van der Waals surface area contributed by atoms with E-state index in [2.05, 4.69) is 85.8 Å². The number of allylic oxidation sites excluding steroid dienone is 8. The van der Waals surface area contributed by atoms with E-state index in [0.29, 0.717) is 5.92 Å². The van der Waals surface area contributed by atoms with Crippen molar-refractivity contribution < 1.29 is 0 Å². The fourth-order valence-electron chi connectivity index (χ4n) is 7.51. The van der Waals surface area contributed by atoms with Crippen molar-refractivity contribution in [3.8, 4) is 0 Å². The van der Waals surface area contributed by atoms with Crippen LogP contribution in [-0.2, 0) is 12.8 Å². The molecule has 2 aromatic carbocycles. The van der Waals surface area contributed by atoms with Crippen molar-refractivity contribution in [2.45, 2.75) is 83.5 Å². The molecule has 0 heterocycles. The van der Waals surface area contributed by atoms with E-state index in [1.54, 1.807) is 5.56 Å². The van der Waals surface area contributed by atoms with Crippen LogP contribution in [0, 0.1) is 17.8 Å². The number of aryl methyl sites for hydroxylation is 1. The minimum atomic E-state index is 0.399. The van der Waals surface area contributed by atoms with Crippen LogP contribution < -0.4 is 0 Å². The zero-order chi connectivity index (χ0) is 24.3. The molecule has 2 fully saturated rings. The molecule has 4 aliphatic rings. The van der Waals surface area contributed by atoms with Crippen LogP contribution in [0.25, 0.3) is 5.57 Å². The number of rotatable bonds is 6. The lowest BCUT2D eigenvalue weighted by atomic mass is 9.70. The molecule has 186 valence electrons. The average Bonchev–Trinajstić information content (AvgIpc) is 3.45. The monoisotopic (exact) mass is 474 g/mol. The van der Waals surface area contributed by atoms with Gasteiger partial charge in [-0.05, 0) is 95.3 Å². The van der Waals surface area contributed by atoms with E-state index in [1.165, 1.54) is 91.2 Å². The predicted molar refractivity (Wildman–Crippen MR) is 154 cm³/mol. The molecule has 0 aliphatic heterocycles. The largest absolute Gasteiger partial charge is 0.0726 e. The fourth-order valence-corrected chi connectivity index (χ4v) is 7.51. The first kappa shape index (κ1) is 23.8.